The van der Waals surface area contributed by atoms with E-state index in [1.807, 2.05) is 19.9 Å². The Hall–Kier alpha value is -2.24. The van der Waals surface area contributed by atoms with Gasteiger partial charge in [-0.1, -0.05) is 12.1 Å². The number of carbonyl (C=O) groups excluding carboxylic acids is 1. The monoisotopic (exact) mass is 293 g/mol. The van der Waals surface area contributed by atoms with E-state index < -0.39 is 12.1 Å². The number of ether oxygens (including phenoxy) is 2. The molecule has 2 rings (SSSR count). The lowest BCUT2D eigenvalue weighted by atomic mass is 10.2. The third kappa shape index (κ3) is 3.65. The fourth-order valence-corrected chi connectivity index (χ4v) is 2.17. The molecular formula is C15H19NO5. The van der Waals surface area contributed by atoms with Gasteiger partial charge in [0, 0.05) is 12.6 Å². The van der Waals surface area contributed by atoms with E-state index >= 15 is 0 Å². The molecular weight excluding hydrogens is 274 g/mol. The number of carboxylic acid groups (broad SMARTS) is 1. The Labute approximate surface area is 123 Å². The van der Waals surface area contributed by atoms with Crippen molar-refractivity contribution < 1.29 is 24.2 Å². The van der Waals surface area contributed by atoms with E-state index in [-0.39, 0.29) is 31.5 Å². The average molecular weight is 293 g/mol. The van der Waals surface area contributed by atoms with Crippen LogP contribution in [0.3, 0.4) is 0 Å². The van der Waals surface area contributed by atoms with Crippen LogP contribution in [0.2, 0.25) is 0 Å². The van der Waals surface area contributed by atoms with Crippen molar-refractivity contribution in [2.24, 2.45) is 0 Å². The molecule has 0 radical (unpaired) electrons. The highest BCUT2D eigenvalue weighted by Gasteiger charge is 2.32. The standard InChI is InChI=1S/C15H19NO5/c1-10(2)16(8-7-14(17)18)15(19)13-9-20-11-5-3-4-6-12(11)21-13/h3-6,10,13H,7-9H2,1-2H3,(H,17,18). The minimum absolute atomic E-state index is 0.0892. The SMILES string of the molecule is CC(C)N(CCC(=O)O)C(=O)C1COc2ccccc2O1. The second-order valence-corrected chi connectivity index (χ2v) is 5.13. The molecule has 114 valence electrons. The van der Waals surface area contributed by atoms with Gasteiger partial charge in [-0.05, 0) is 26.0 Å². The van der Waals surface area contributed by atoms with Gasteiger partial charge in [0.05, 0.1) is 6.42 Å². The van der Waals surface area contributed by atoms with E-state index in [4.69, 9.17) is 14.6 Å². The van der Waals surface area contributed by atoms with E-state index in [0.717, 1.165) is 0 Å². The van der Waals surface area contributed by atoms with E-state index in [2.05, 4.69) is 0 Å². The number of fused-ring (bicyclic) bond motifs is 1. The Morgan fingerprint density at radius 2 is 2.00 bits per heavy atom. The first kappa shape index (κ1) is 15.2. The molecule has 0 aliphatic carbocycles. The van der Waals surface area contributed by atoms with Crippen molar-refractivity contribution in [1.29, 1.82) is 0 Å². The molecule has 0 bridgehead atoms. The minimum Gasteiger partial charge on any atom is -0.485 e. The van der Waals surface area contributed by atoms with Crippen LogP contribution in [-0.4, -0.2) is 47.2 Å². The van der Waals surface area contributed by atoms with Crippen LogP contribution in [0.25, 0.3) is 0 Å². The van der Waals surface area contributed by atoms with Crippen LogP contribution in [0.15, 0.2) is 24.3 Å². The van der Waals surface area contributed by atoms with Gasteiger partial charge in [-0.2, -0.15) is 0 Å². The van der Waals surface area contributed by atoms with Gasteiger partial charge in [0.15, 0.2) is 11.5 Å². The molecule has 6 heteroatoms. The van der Waals surface area contributed by atoms with Crippen LogP contribution in [0.4, 0.5) is 0 Å². The number of para-hydroxylation sites is 2. The first-order valence-electron chi connectivity index (χ1n) is 6.90. The lowest BCUT2D eigenvalue weighted by Crippen LogP contribution is -2.49. The van der Waals surface area contributed by atoms with Crippen molar-refractivity contribution in [3.05, 3.63) is 24.3 Å². The van der Waals surface area contributed by atoms with E-state index in [9.17, 15) is 9.59 Å². The molecule has 1 heterocycles. The summed E-state index contributed by atoms with van der Waals surface area (Å²) >= 11 is 0. The summed E-state index contributed by atoms with van der Waals surface area (Å²) in [5.41, 5.74) is 0. The first-order chi connectivity index (χ1) is 9.99. The van der Waals surface area contributed by atoms with Gasteiger partial charge in [-0.3, -0.25) is 9.59 Å². The molecule has 0 saturated heterocycles. The fraction of sp³-hybridized carbons (Fsp3) is 0.467. The van der Waals surface area contributed by atoms with E-state index in [1.165, 1.54) is 4.90 Å². The number of carbonyl (C=O) groups is 2. The van der Waals surface area contributed by atoms with Crippen molar-refractivity contribution in [2.75, 3.05) is 13.2 Å². The van der Waals surface area contributed by atoms with Crippen molar-refractivity contribution >= 4 is 11.9 Å². The van der Waals surface area contributed by atoms with Crippen molar-refractivity contribution in [3.63, 3.8) is 0 Å². The molecule has 1 aliphatic heterocycles. The highest BCUT2D eigenvalue weighted by Crippen LogP contribution is 2.31. The Morgan fingerprint density at radius 1 is 1.33 bits per heavy atom. The zero-order valence-corrected chi connectivity index (χ0v) is 12.1. The first-order valence-corrected chi connectivity index (χ1v) is 6.90. The highest BCUT2D eigenvalue weighted by atomic mass is 16.6. The van der Waals surface area contributed by atoms with Crippen LogP contribution in [0.1, 0.15) is 20.3 Å². The summed E-state index contributed by atoms with van der Waals surface area (Å²) in [5.74, 6) is -0.0346. The number of benzene rings is 1. The number of amides is 1. The molecule has 1 aromatic rings. The normalized spacial score (nSPS) is 16.6. The van der Waals surface area contributed by atoms with Crippen molar-refractivity contribution in [2.45, 2.75) is 32.4 Å². The number of carboxylic acids is 1. The minimum atomic E-state index is -0.931. The quantitative estimate of drug-likeness (QED) is 0.891. The predicted octanol–water partition coefficient (Wildman–Crippen LogP) is 1.54. The van der Waals surface area contributed by atoms with Crippen molar-refractivity contribution in [1.82, 2.24) is 4.90 Å². The molecule has 1 aliphatic rings. The zero-order valence-electron chi connectivity index (χ0n) is 12.1. The van der Waals surface area contributed by atoms with Gasteiger partial charge < -0.3 is 19.5 Å². The highest BCUT2D eigenvalue weighted by molar-refractivity contribution is 5.82. The predicted molar refractivity (Wildman–Crippen MR) is 75.5 cm³/mol. The van der Waals surface area contributed by atoms with Gasteiger partial charge in [0.2, 0.25) is 6.10 Å². The second-order valence-electron chi connectivity index (χ2n) is 5.13. The summed E-state index contributed by atoms with van der Waals surface area (Å²) in [7, 11) is 0. The Balaban J connectivity index is 2.06. The molecule has 0 spiro atoms. The summed E-state index contributed by atoms with van der Waals surface area (Å²) in [4.78, 5) is 24.7. The molecule has 1 aromatic carbocycles. The van der Waals surface area contributed by atoms with Gasteiger partial charge in [-0.25, -0.2) is 0 Å². The van der Waals surface area contributed by atoms with Crippen LogP contribution in [-0.2, 0) is 9.59 Å². The Kier molecular flexibility index (Phi) is 4.67. The maximum absolute atomic E-state index is 12.5. The van der Waals surface area contributed by atoms with Crippen LogP contribution < -0.4 is 9.47 Å². The number of rotatable bonds is 5. The summed E-state index contributed by atoms with van der Waals surface area (Å²) in [5, 5.41) is 8.77. The third-order valence-electron chi connectivity index (χ3n) is 3.26. The van der Waals surface area contributed by atoms with Gasteiger partial charge in [0.1, 0.15) is 6.61 Å². The third-order valence-corrected chi connectivity index (χ3v) is 3.26. The molecule has 6 nitrogen and oxygen atoms in total. The van der Waals surface area contributed by atoms with Crippen molar-refractivity contribution in [3.8, 4) is 11.5 Å². The van der Waals surface area contributed by atoms with Crippen LogP contribution >= 0.6 is 0 Å². The Morgan fingerprint density at radius 3 is 2.62 bits per heavy atom. The van der Waals surface area contributed by atoms with Crippen LogP contribution in [0, 0.1) is 0 Å². The molecule has 1 unspecified atom stereocenters. The molecule has 1 atom stereocenters. The fourth-order valence-electron chi connectivity index (χ4n) is 2.17. The summed E-state index contributed by atoms with van der Waals surface area (Å²) < 4.78 is 11.2. The van der Waals surface area contributed by atoms with Gasteiger partial charge >= 0.3 is 5.97 Å². The summed E-state index contributed by atoms with van der Waals surface area (Å²) in [6.07, 6.45) is -0.829. The lowest BCUT2D eigenvalue weighted by molar-refractivity contribution is -0.144. The second kappa shape index (κ2) is 6.47. The average Bonchev–Trinajstić information content (AvgIpc) is 2.46. The molecule has 1 amide bonds. The van der Waals surface area contributed by atoms with Gasteiger partial charge in [0.25, 0.3) is 5.91 Å². The van der Waals surface area contributed by atoms with E-state index in [0.29, 0.717) is 11.5 Å². The maximum Gasteiger partial charge on any atom is 0.305 e. The largest absolute Gasteiger partial charge is 0.485 e. The summed E-state index contributed by atoms with van der Waals surface area (Å²) in [6, 6.07) is 7.06. The lowest BCUT2D eigenvalue weighted by Gasteiger charge is -2.32. The Bertz CT molecular complexity index is 529. The molecule has 0 fully saturated rings. The molecule has 0 saturated carbocycles. The molecule has 1 N–H and O–H groups in total. The van der Waals surface area contributed by atoms with Gasteiger partial charge in [-0.15, -0.1) is 0 Å². The molecule has 21 heavy (non-hydrogen) atoms. The number of hydrogen-bond donors (Lipinski definition) is 1. The number of hydrogen-bond acceptors (Lipinski definition) is 4. The topological polar surface area (TPSA) is 76.1 Å². The zero-order chi connectivity index (χ0) is 15.4. The summed E-state index contributed by atoms with van der Waals surface area (Å²) in [6.45, 7) is 3.98. The maximum atomic E-state index is 12.5. The molecule has 0 aromatic heterocycles. The smallest absolute Gasteiger partial charge is 0.305 e. The number of nitrogens with zero attached hydrogens (tertiary/aromatic N) is 1. The number of aliphatic carboxylic acids is 1. The van der Waals surface area contributed by atoms with E-state index in [1.54, 1.807) is 18.2 Å². The van der Waals surface area contributed by atoms with Crippen LogP contribution in [0.5, 0.6) is 11.5 Å².